The third-order valence-corrected chi connectivity index (χ3v) is 8.31. The van der Waals surface area contributed by atoms with E-state index >= 15 is 0 Å². The van der Waals surface area contributed by atoms with Gasteiger partial charge in [-0.05, 0) is 62.1 Å². The Balaban J connectivity index is 1.35. The number of unbranched alkanes of at least 4 members (excludes halogenated alkanes) is 1. The maximum Gasteiger partial charge on any atom is 0.252 e. The van der Waals surface area contributed by atoms with Crippen molar-refractivity contribution in [3.8, 4) is 5.75 Å². The number of amides is 1. The summed E-state index contributed by atoms with van der Waals surface area (Å²) < 4.78 is 45.6. The van der Waals surface area contributed by atoms with E-state index in [2.05, 4.69) is 5.32 Å². The van der Waals surface area contributed by atoms with Gasteiger partial charge in [-0.2, -0.15) is 4.31 Å². The first-order valence-corrected chi connectivity index (χ1v) is 12.4. The van der Waals surface area contributed by atoms with Gasteiger partial charge in [0.25, 0.3) is 10.0 Å². The highest BCUT2D eigenvalue weighted by Gasteiger charge is 2.27. The highest BCUT2D eigenvalue weighted by atomic mass is 32.2. The quantitative estimate of drug-likeness (QED) is 0.557. The number of piperidine rings is 1. The summed E-state index contributed by atoms with van der Waals surface area (Å²) in [7, 11) is -3.44. The summed E-state index contributed by atoms with van der Waals surface area (Å²) in [5.41, 5.74) is 0. The van der Waals surface area contributed by atoms with Crippen LogP contribution in [0.1, 0.15) is 37.0 Å². The highest BCUT2D eigenvalue weighted by Crippen LogP contribution is 2.27. The smallest absolute Gasteiger partial charge is 0.252 e. The van der Waals surface area contributed by atoms with E-state index in [1.54, 1.807) is 28.6 Å². The lowest BCUT2D eigenvalue weighted by Gasteiger charge is -2.25. The lowest BCUT2D eigenvalue weighted by atomic mass is 10.2. The van der Waals surface area contributed by atoms with E-state index in [4.69, 9.17) is 4.74 Å². The standard InChI is InChI=1S/C21H27FN2O4S2/c22-17-6-8-18(9-7-17)28-15-5-2-12-23-20(25)16-19-10-11-21(29-19)30(26,27)24-13-3-1-4-14-24/h6-11H,1-5,12-16H2,(H,23,25). The molecule has 6 nitrogen and oxygen atoms in total. The predicted molar refractivity (Wildman–Crippen MR) is 115 cm³/mol. The van der Waals surface area contributed by atoms with E-state index in [0.29, 0.717) is 36.2 Å². The first-order valence-electron chi connectivity index (χ1n) is 10.2. The summed E-state index contributed by atoms with van der Waals surface area (Å²) in [6, 6.07) is 9.18. The van der Waals surface area contributed by atoms with Crippen LogP contribution < -0.4 is 10.1 Å². The SMILES string of the molecule is O=C(Cc1ccc(S(=O)(=O)N2CCCCC2)s1)NCCCCOc1ccc(F)cc1. The van der Waals surface area contributed by atoms with Crippen molar-refractivity contribution in [2.75, 3.05) is 26.2 Å². The van der Waals surface area contributed by atoms with Gasteiger partial charge in [-0.15, -0.1) is 11.3 Å². The second-order valence-corrected chi connectivity index (χ2v) is 10.6. The number of rotatable bonds is 10. The number of sulfonamides is 1. The average Bonchev–Trinajstić information content (AvgIpc) is 3.22. The maximum absolute atomic E-state index is 12.8. The third-order valence-electron chi connectivity index (χ3n) is 4.86. The molecule has 0 spiro atoms. The fourth-order valence-electron chi connectivity index (χ4n) is 3.22. The minimum absolute atomic E-state index is 0.127. The largest absolute Gasteiger partial charge is 0.494 e. The predicted octanol–water partition coefficient (Wildman–Crippen LogP) is 3.58. The molecule has 2 heterocycles. The van der Waals surface area contributed by atoms with Gasteiger partial charge in [0.1, 0.15) is 15.8 Å². The van der Waals surface area contributed by atoms with E-state index in [-0.39, 0.29) is 18.1 Å². The molecule has 0 radical (unpaired) electrons. The molecule has 1 aromatic carbocycles. The Labute approximate surface area is 181 Å². The first kappa shape index (κ1) is 22.7. The molecule has 1 amide bonds. The Hall–Kier alpha value is -1.97. The third kappa shape index (κ3) is 6.52. The number of hydrogen-bond donors (Lipinski definition) is 1. The maximum atomic E-state index is 12.8. The van der Waals surface area contributed by atoms with Crippen LogP contribution in [0.5, 0.6) is 5.75 Å². The zero-order chi connectivity index (χ0) is 21.4. The molecule has 164 valence electrons. The molecule has 1 aliphatic heterocycles. The molecule has 1 N–H and O–H groups in total. The van der Waals surface area contributed by atoms with Crippen LogP contribution in [0.4, 0.5) is 4.39 Å². The summed E-state index contributed by atoms with van der Waals surface area (Å²) in [6.07, 6.45) is 4.55. The monoisotopic (exact) mass is 454 g/mol. The van der Waals surface area contributed by atoms with Crippen molar-refractivity contribution in [1.29, 1.82) is 0 Å². The van der Waals surface area contributed by atoms with Gasteiger partial charge >= 0.3 is 0 Å². The van der Waals surface area contributed by atoms with Crippen LogP contribution in [0.25, 0.3) is 0 Å². The molecule has 9 heteroatoms. The van der Waals surface area contributed by atoms with E-state index in [1.165, 1.54) is 23.5 Å². The summed E-state index contributed by atoms with van der Waals surface area (Å²) in [6.45, 7) is 2.15. The molecule has 2 aromatic rings. The molecule has 0 atom stereocenters. The molecule has 30 heavy (non-hydrogen) atoms. The van der Waals surface area contributed by atoms with Crippen LogP contribution in [0.2, 0.25) is 0 Å². The zero-order valence-electron chi connectivity index (χ0n) is 16.8. The van der Waals surface area contributed by atoms with Crippen molar-refractivity contribution in [2.45, 2.75) is 42.7 Å². The van der Waals surface area contributed by atoms with Crippen LogP contribution in [0.15, 0.2) is 40.6 Å². The number of ether oxygens (including phenoxy) is 1. The van der Waals surface area contributed by atoms with Crippen molar-refractivity contribution in [2.24, 2.45) is 0 Å². The Morgan fingerprint density at radius 2 is 1.80 bits per heavy atom. The van der Waals surface area contributed by atoms with Gasteiger partial charge in [0.05, 0.1) is 13.0 Å². The minimum Gasteiger partial charge on any atom is -0.494 e. The van der Waals surface area contributed by atoms with Gasteiger partial charge in [0.2, 0.25) is 5.91 Å². The van der Waals surface area contributed by atoms with Crippen LogP contribution in [0.3, 0.4) is 0 Å². The van der Waals surface area contributed by atoms with Crippen LogP contribution in [-0.2, 0) is 21.2 Å². The van der Waals surface area contributed by atoms with Gasteiger partial charge < -0.3 is 10.1 Å². The van der Waals surface area contributed by atoms with Crippen molar-refractivity contribution in [3.63, 3.8) is 0 Å². The summed E-state index contributed by atoms with van der Waals surface area (Å²) >= 11 is 1.17. The zero-order valence-corrected chi connectivity index (χ0v) is 18.4. The Bertz CT molecular complexity index is 923. The normalized spacial score (nSPS) is 15.1. The number of halogens is 1. The van der Waals surface area contributed by atoms with E-state index in [0.717, 1.165) is 37.0 Å². The first-order chi connectivity index (χ1) is 14.4. The molecule has 0 unspecified atom stereocenters. The number of benzene rings is 1. The summed E-state index contributed by atoms with van der Waals surface area (Å²) in [5.74, 6) is 0.193. The topological polar surface area (TPSA) is 75.7 Å². The fraction of sp³-hybridized carbons (Fsp3) is 0.476. The highest BCUT2D eigenvalue weighted by molar-refractivity contribution is 7.91. The molecule has 0 saturated carbocycles. The van der Waals surface area contributed by atoms with E-state index in [1.807, 2.05) is 0 Å². The number of carbonyl (C=O) groups is 1. The summed E-state index contributed by atoms with van der Waals surface area (Å²) in [5, 5.41) is 2.85. The molecule has 1 fully saturated rings. The Kier molecular flexibility index (Phi) is 8.24. The van der Waals surface area contributed by atoms with Crippen molar-refractivity contribution < 1.29 is 22.3 Å². The van der Waals surface area contributed by atoms with Crippen molar-refractivity contribution in [3.05, 3.63) is 47.1 Å². The van der Waals surface area contributed by atoms with Crippen molar-refractivity contribution in [1.82, 2.24) is 9.62 Å². The fourth-order valence-corrected chi connectivity index (χ4v) is 6.25. The number of carbonyl (C=O) groups excluding carboxylic acids is 1. The Morgan fingerprint density at radius 3 is 2.53 bits per heavy atom. The summed E-state index contributed by atoms with van der Waals surface area (Å²) in [4.78, 5) is 12.9. The molecule has 1 saturated heterocycles. The molecule has 3 rings (SSSR count). The Morgan fingerprint density at radius 1 is 1.07 bits per heavy atom. The second-order valence-electron chi connectivity index (χ2n) is 7.22. The molecule has 1 aromatic heterocycles. The molecule has 1 aliphatic rings. The lowest BCUT2D eigenvalue weighted by molar-refractivity contribution is -0.120. The van der Waals surface area contributed by atoms with Gasteiger partial charge in [0, 0.05) is 24.5 Å². The molecular formula is C21H27FN2O4S2. The van der Waals surface area contributed by atoms with Crippen molar-refractivity contribution >= 4 is 27.3 Å². The number of nitrogens with one attached hydrogen (secondary N) is 1. The number of hydrogen-bond acceptors (Lipinski definition) is 5. The molecule has 0 bridgehead atoms. The minimum atomic E-state index is -3.44. The average molecular weight is 455 g/mol. The van der Waals surface area contributed by atoms with Crippen LogP contribution >= 0.6 is 11.3 Å². The van der Waals surface area contributed by atoms with Gasteiger partial charge in [0.15, 0.2) is 0 Å². The number of nitrogens with zero attached hydrogens (tertiary/aromatic N) is 1. The lowest BCUT2D eigenvalue weighted by Crippen LogP contribution is -2.35. The van der Waals surface area contributed by atoms with E-state index in [9.17, 15) is 17.6 Å². The number of thiophene rings is 1. The van der Waals surface area contributed by atoms with Gasteiger partial charge in [-0.3, -0.25) is 4.79 Å². The van der Waals surface area contributed by atoms with E-state index < -0.39 is 10.0 Å². The van der Waals surface area contributed by atoms with Crippen LogP contribution in [-0.4, -0.2) is 44.9 Å². The molecular weight excluding hydrogens is 427 g/mol. The van der Waals surface area contributed by atoms with Crippen LogP contribution in [0, 0.1) is 5.82 Å². The van der Waals surface area contributed by atoms with Gasteiger partial charge in [-0.25, -0.2) is 12.8 Å². The molecule has 0 aliphatic carbocycles. The second kappa shape index (κ2) is 10.9. The van der Waals surface area contributed by atoms with Gasteiger partial charge in [-0.1, -0.05) is 6.42 Å².